The van der Waals surface area contributed by atoms with Crippen molar-refractivity contribution in [1.29, 1.82) is 0 Å². The van der Waals surface area contributed by atoms with E-state index in [1.54, 1.807) is 0 Å². The van der Waals surface area contributed by atoms with E-state index in [-0.39, 0.29) is 17.2 Å². The summed E-state index contributed by atoms with van der Waals surface area (Å²) in [4.78, 5) is 15.8. The maximum atomic E-state index is 13.4. The van der Waals surface area contributed by atoms with E-state index in [9.17, 15) is 4.79 Å². The fraction of sp³-hybridized carbons (Fsp3) is 0.276. The first-order valence-electron chi connectivity index (χ1n) is 12.0. The Morgan fingerprint density at radius 3 is 2.65 bits per heavy atom. The molecule has 5 nitrogen and oxygen atoms in total. The number of fused-ring (bicyclic) bond motifs is 1. The van der Waals surface area contributed by atoms with Gasteiger partial charge in [-0.15, -0.1) is 0 Å². The molecule has 0 saturated carbocycles. The lowest BCUT2D eigenvalue weighted by molar-refractivity contribution is 0.309. The van der Waals surface area contributed by atoms with Crippen molar-refractivity contribution >= 4 is 16.7 Å². The maximum absolute atomic E-state index is 13.4. The number of piperazine rings is 1. The summed E-state index contributed by atoms with van der Waals surface area (Å²) in [6.45, 7) is 7.29. The Labute approximate surface area is 200 Å². The molecule has 0 radical (unpaired) electrons. The molecule has 3 aromatic carbocycles. The quantitative estimate of drug-likeness (QED) is 0.405. The molecule has 0 aliphatic carbocycles. The third-order valence-electron chi connectivity index (χ3n) is 6.44. The van der Waals surface area contributed by atoms with Crippen LogP contribution in [0.2, 0.25) is 0 Å². The Morgan fingerprint density at radius 2 is 1.85 bits per heavy atom. The van der Waals surface area contributed by atoms with E-state index in [1.165, 1.54) is 11.1 Å². The van der Waals surface area contributed by atoms with E-state index in [0.717, 1.165) is 37.3 Å². The average molecular weight is 455 g/mol. The van der Waals surface area contributed by atoms with E-state index in [4.69, 9.17) is 9.15 Å². The van der Waals surface area contributed by atoms with Crippen LogP contribution in [0.25, 0.3) is 22.3 Å². The number of benzene rings is 3. The van der Waals surface area contributed by atoms with Crippen LogP contribution in [0.15, 0.2) is 82.0 Å². The minimum atomic E-state index is -0.129. The summed E-state index contributed by atoms with van der Waals surface area (Å²) in [5, 5.41) is 4.07. The monoisotopic (exact) mass is 454 g/mol. The van der Waals surface area contributed by atoms with Gasteiger partial charge in [0.2, 0.25) is 11.2 Å². The zero-order valence-corrected chi connectivity index (χ0v) is 19.7. The van der Waals surface area contributed by atoms with Crippen molar-refractivity contribution < 1.29 is 9.15 Å². The van der Waals surface area contributed by atoms with Crippen LogP contribution < -0.4 is 20.4 Å². The van der Waals surface area contributed by atoms with Crippen molar-refractivity contribution in [3.8, 4) is 17.1 Å². The normalized spacial score (nSPS) is 16.1. The predicted octanol–water partition coefficient (Wildman–Crippen LogP) is 5.71. The molecule has 0 amide bonds. The largest absolute Gasteiger partial charge is 0.486 e. The first-order valence-corrected chi connectivity index (χ1v) is 12.0. The molecular formula is C29H30N2O3. The molecule has 1 aliphatic rings. The summed E-state index contributed by atoms with van der Waals surface area (Å²) in [6, 6.07) is 24.4. The number of hydrogen-bond donors (Lipinski definition) is 1. The van der Waals surface area contributed by atoms with Gasteiger partial charge in [0.05, 0.1) is 18.0 Å². The highest BCUT2D eigenvalue weighted by atomic mass is 16.5. The molecule has 0 bridgehead atoms. The topological polar surface area (TPSA) is 54.7 Å². The summed E-state index contributed by atoms with van der Waals surface area (Å²) >= 11 is 0. The Kier molecular flexibility index (Phi) is 6.37. The zero-order chi connectivity index (χ0) is 23.5. The van der Waals surface area contributed by atoms with E-state index < -0.39 is 0 Å². The van der Waals surface area contributed by atoms with Crippen LogP contribution in [0, 0.1) is 6.92 Å². The third-order valence-corrected chi connectivity index (χ3v) is 6.44. The SMILES string of the molecule is CCCOc1c(-c2ccccc2)oc2cc(N3CCNCC3c3ccccc3C)ccc2c1=O. The molecule has 1 saturated heterocycles. The van der Waals surface area contributed by atoms with Gasteiger partial charge in [0.1, 0.15) is 5.58 Å². The van der Waals surface area contributed by atoms with Gasteiger partial charge in [-0.3, -0.25) is 4.79 Å². The van der Waals surface area contributed by atoms with Crippen molar-refractivity contribution in [3.63, 3.8) is 0 Å². The van der Waals surface area contributed by atoms with E-state index in [0.29, 0.717) is 23.3 Å². The van der Waals surface area contributed by atoms with Crippen molar-refractivity contribution in [2.75, 3.05) is 31.1 Å². The minimum Gasteiger partial charge on any atom is -0.486 e. The zero-order valence-electron chi connectivity index (χ0n) is 19.7. The highest BCUT2D eigenvalue weighted by molar-refractivity contribution is 5.85. The Bertz CT molecular complexity index is 1350. The Morgan fingerprint density at radius 1 is 1.06 bits per heavy atom. The molecular weight excluding hydrogens is 424 g/mol. The van der Waals surface area contributed by atoms with E-state index in [2.05, 4.69) is 41.4 Å². The van der Waals surface area contributed by atoms with Crippen LogP contribution in [-0.4, -0.2) is 26.2 Å². The highest BCUT2D eigenvalue weighted by Gasteiger charge is 2.26. The molecule has 1 fully saturated rings. The fourth-order valence-electron chi connectivity index (χ4n) is 4.71. The number of ether oxygens (including phenoxy) is 1. The number of aryl methyl sites for hydroxylation is 1. The van der Waals surface area contributed by atoms with Crippen LogP contribution >= 0.6 is 0 Å². The maximum Gasteiger partial charge on any atom is 0.235 e. The lowest BCUT2D eigenvalue weighted by Crippen LogP contribution is -2.46. The molecule has 0 spiro atoms. The molecule has 34 heavy (non-hydrogen) atoms. The number of anilines is 1. The van der Waals surface area contributed by atoms with Crippen molar-refractivity contribution in [3.05, 3.63) is 94.1 Å². The lowest BCUT2D eigenvalue weighted by Gasteiger charge is -2.39. The molecule has 1 aliphatic heterocycles. The van der Waals surface area contributed by atoms with Gasteiger partial charge in [-0.1, -0.05) is 61.5 Å². The summed E-state index contributed by atoms with van der Waals surface area (Å²) in [7, 11) is 0. The standard InChI is InChI=1S/C29H30N2O3/c1-3-17-33-29-27(32)24-14-13-22(18-26(24)34-28(29)21-10-5-4-6-11-21)31-16-15-30-19-25(31)23-12-8-7-9-20(23)2/h4-14,18,25,30H,3,15-17,19H2,1-2H3. The molecule has 2 heterocycles. The first kappa shape index (κ1) is 22.2. The molecule has 1 unspecified atom stereocenters. The molecule has 1 N–H and O–H groups in total. The van der Waals surface area contributed by atoms with Gasteiger partial charge >= 0.3 is 0 Å². The van der Waals surface area contributed by atoms with Gasteiger partial charge in [-0.25, -0.2) is 0 Å². The van der Waals surface area contributed by atoms with Crippen LogP contribution in [-0.2, 0) is 0 Å². The van der Waals surface area contributed by atoms with Crippen LogP contribution in [0.4, 0.5) is 5.69 Å². The summed E-state index contributed by atoms with van der Waals surface area (Å²) in [5.41, 5.74) is 4.91. The highest BCUT2D eigenvalue weighted by Crippen LogP contribution is 2.35. The summed E-state index contributed by atoms with van der Waals surface area (Å²) < 4.78 is 12.3. The molecule has 1 aromatic heterocycles. The van der Waals surface area contributed by atoms with Crippen LogP contribution in [0.3, 0.4) is 0 Å². The van der Waals surface area contributed by atoms with Gasteiger partial charge in [0.25, 0.3) is 0 Å². The lowest BCUT2D eigenvalue weighted by atomic mass is 9.97. The molecule has 5 rings (SSSR count). The van der Waals surface area contributed by atoms with Gasteiger partial charge in [0, 0.05) is 37.0 Å². The van der Waals surface area contributed by atoms with E-state index in [1.807, 2.05) is 55.5 Å². The first-order chi connectivity index (χ1) is 16.7. The van der Waals surface area contributed by atoms with Crippen LogP contribution in [0.5, 0.6) is 5.75 Å². The molecule has 1 atom stereocenters. The predicted molar refractivity (Wildman–Crippen MR) is 138 cm³/mol. The van der Waals surface area contributed by atoms with Crippen molar-refractivity contribution in [1.82, 2.24) is 5.32 Å². The second kappa shape index (κ2) is 9.74. The van der Waals surface area contributed by atoms with Crippen molar-refractivity contribution in [2.24, 2.45) is 0 Å². The van der Waals surface area contributed by atoms with Crippen molar-refractivity contribution in [2.45, 2.75) is 26.3 Å². The second-order valence-corrected chi connectivity index (χ2v) is 8.75. The molecule has 174 valence electrons. The number of hydrogen-bond acceptors (Lipinski definition) is 5. The third kappa shape index (κ3) is 4.19. The number of nitrogens with one attached hydrogen (secondary N) is 1. The van der Waals surface area contributed by atoms with Gasteiger partial charge in [0.15, 0.2) is 5.76 Å². The van der Waals surface area contributed by atoms with Gasteiger partial charge in [-0.2, -0.15) is 0 Å². The van der Waals surface area contributed by atoms with Gasteiger partial charge in [-0.05, 0) is 36.6 Å². The fourth-order valence-corrected chi connectivity index (χ4v) is 4.71. The molecule has 4 aromatic rings. The van der Waals surface area contributed by atoms with Gasteiger partial charge < -0.3 is 19.4 Å². The second-order valence-electron chi connectivity index (χ2n) is 8.75. The smallest absolute Gasteiger partial charge is 0.235 e. The van der Waals surface area contributed by atoms with E-state index >= 15 is 0 Å². The summed E-state index contributed by atoms with van der Waals surface area (Å²) in [5.74, 6) is 0.771. The number of rotatable bonds is 6. The minimum absolute atomic E-state index is 0.129. The molecule has 5 heteroatoms. The summed E-state index contributed by atoms with van der Waals surface area (Å²) in [6.07, 6.45) is 0.813. The Balaban J connectivity index is 1.62. The average Bonchev–Trinajstić information content (AvgIpc) is 2.88. The van der Waals surface area contributed by atoms with Crippen LogP contribution in [0.1, 0.15) is 30.5 Å². The number of nitrogens with zero attached hydrogens (tertiary/aromatic N) is 1. The Hall–Kier alpha value is -3.57.